The first-order chi connectivity index (χ1) is 6.82. The van der Waals surface area contributed by atoms with E-state index in [1.807, 2.05) is 6.08 Å². The van der Waals surface area contributed by atoms with Gasteiger partial charge in [0.25, 0.3) is 0 Å². The van der Waals surface area contributed by atoms with E-state index >= 15 is 0 Å². The Kier molecular flexibility index (Phi) is 3.38. The van der Waals surface area contributed by atoms with Crippen molar-refractivity contribution in [1.82, 2.24) is 0 Å². The molecule has 1 rings (SSSR count). The SMILES string of the molecule is CC(C)(C)C1=CCC(O)(CO)C=C1CO. The van der Waals surface area contributed by atoms with E-state index in [1.165, 1.54) is 0 Å². The van der Waals surface area contributed by atoms with Crippen molar-refractivity contribution in [2.45, 2.75) is 32.8 Å². The summed E-state index contributed by atoms with van der Waals surface area (Å²) in [6.45, 7) is 5.76. The molecule has 1 atom stereocenters. The fourth-order valence-corrected chi connectivity index (χ4v) is 1.90. The van der Waals surface area contributed by atoms with Gasteiger partial charge in [0, 0.05) is 6.42 Å². The maximum Gasteiger partial charge on any atom is 0.110 e. The fraction of sp³-hybridized carbons (Fsp3) is 0.667. The van der Waals surface area contributed by atoms with Gasteiger partial charge < -0.3 is 15.3 Å². The third-order valence-corrected chi connectivity index (χ3v) is 2.70. The number of aliphatic hydroxyl groups excluding tert-OH is 2. The summed E-state index contributed by atoms with van der Waals surface area (Å²) in [7, 11) is 0. The standard InChI is InChI=1S/C12H20O3/c1-11(2,3)10-4-5-12(15,8-14)6-9(10)7-13/h4,6,13-15H,5,7-8H2,1-3H3. The molecule has 0 heterocycles. The molecule has 0 saturated heterocycles. The molecule has 1 aliphatic rings. The molecule has 0 aromatic heterocycles. The molecule has 3 heteroatoms. The normalized spacial score (nSPS) is 27.3. The van der Waals surface area contributed by atoms with Crippen molar-refractivity contribution in [3.8, 4) is 0 Å². The fourth-order valence-electron chi connectivity index (χ4n) is 1.90. The second-order valence-electron chi connectivity index (χ2n) is 5.16. The van der Waals surface area contributed by atoms with Crippen LogP contribution in [0.3, 0.4) is 0 Å². The van der Waals surface area contributed by atoms with Crippen LogP contribution in [0.5, 0.6) is 0 Å². The summed E-state index contributed by atoms with van der Waals surface area (Å²) in [5, 5.41) is 28.2. The molecular formula is C12H20O3. The Morgan fingerprint density at radius 1 is 1.33 bits per heavy atom. The maximum absolute atomic E-state index is 9.88. The highest BCUT2D eigenvalue weighted by molar-refractivity contribution is 5.41. The van der Waals surface area contributed by atoms with Gasteiger partial charge in [-0.1, -0.05) is 26.8 Å². The van der Waals surface area contributed by atoms with Crippen LogP contribution < -0.4 is 0 Å². The molecule has 15 heavy (non-hydrogen) atoms. The third-order valence-electron chi connectivity index (χ3n) is 2.70. The Labute approximate surface area is 90.8 Å². The summed E-state index contributed by atoms with van der Waals surface area (Å²) < 4.78 is 0. The van der Waals surface area contributed by atoms with Crippen molar-refractivity contribution >= 4 is 0 Å². The van der Waals surface area contributed by atoms with Crippen LogP contribution in [0.1, 0.15) is 27.2 Å². The largest absolute Gasteiger partial charge is 0.393 e. The van der Waals surface area contributed by atoms with Crippen molar-refractivity contribution in [3.05, 3.63) is 23.3 Å². The van der Waals surface area contributed by atoms with Crippen molar-refractivity contribution in [1.29, 1.82) is 0 Å². The summed E-state index contributed by atoms with van der Waals surface area (Å²) in [5.41, 5.74) is 0.506. The summed E-state index contributed by atoms with van der Waals surface area (Å²) in [4.78, 5) is 0. The lowest BCUT2D eigenvalue weighted by atomic mass is 9.76. The van der Waals surface area contributed by atoms with Crippen LogP contribution in [0.25, 0.3) is 0 Å². The minimum Gasteiger partial charge on any atom is -0.393 e. The van der Waals surface area contributed by atoms with Crippen molar-refractivity contribution in [2.24, 2.45) is 5.41 Å². The average molecular weight is 212 g/mol. The zero-order chi connectivity index (χ0) is 11.7. The molecule has 3 nitrogen and oxygen atoms in total. The monoisotopic (exact) mass is 212 g/mol. The van der Waals surface area contributed by atoms with Crippen molar-refractivity contribution < 1.29 is 15.3 Å². The highest BCUT2D eigenvalue weighted by Gasteiger charge is 2.31. The molecule has 0 aliphatic heterocycles. The zero-order valence-electron chi connectivity index (χ0n) is 9.62. The highest BCUT2D eigenvalue weighted by Crippen LogP contribution is 2.36. The molecule has 1 unspecified atom stereocenters. The minimum absolute atomic E-state index is 0.0502. The summed E-state index contributed by atoms with van der Waals surface area (Å²) in [6, 6.07) is 0. The average Bonchev–Trinajstić information content (AvgIpc) is 2.16. The van der Waals surface area contributed by atoms with E-state index in [1.54, 1.807) is 6.08 Å². The molecule has 0 amide bonds. The summed E-state index contributed by atoms with van der Waals surface area (Å²) in [6.07, 6.45) is 3.88. The van der Waals surface area contributed by atoms with Crippen LogP contribution in [0.2, 0.25) is 0 Å². The summed E-state index contributed by atoms with van der Waals surface area (Å²) in [5.74, 6) is 0. The Balaban J connectivity index is 3.03. The Hall–Kier alpha value is -0.640. The van der Waals surface area contributed by atoms with Crippen molar-refractivity contribution in [2.75, 3.05) is 13.2 Å². The van der Waals surface area contributed by atoms with Crippen LogP contribution in [0.15, 0.2) is 23.3 Å². The van der Waals surface area contributed by atoms with Crippen LogP contribution in [0.4, 0.5) is 0 Å². The number of hydrogen-bond acceptors (Lipinski definition) is 3. The minimum atomic E-state index is -1.20. The van der Waals surface area contributed by atoms with Crippen molar-refractivity contribution in [3.63, 3.8) is 0 Å². The third kappa shape index (κ3) is 2.68. The van der Waals surface area contributed by atoms with Gasteiger partial charge in [0.1, 0.15) is 5.60 Å². The van der Waals surface area contributed by atoms with E-state index in [9.17, 15) is 10.2 Å². The van der Waals surface area contributed by atoms with Crippen LogP contribution in [0, 0.1) is 5.41 Å². The smallest absolute Gasteiger partial charge is 0.110 e. The first-order valence-electron chi connectivity index (χ1n) is 5.19. The first-order valence-corrected chi connectivity index (χ1v) is 5.19. The molecule has 0 fully saturated rings. The number of rotatable bonds is 2. The Morgan fingerprint density at radius 3 is 2.33 bits per heavy atom. The zero-order valence-corrected chi connectivity index (χ0v) is 9.62. The van der Waals surface area contributed by atoms with E-state index in [4.69, 9.17) is 5.11 Å². The van der Waals surface area contributed by atoms with Crippen LogP contribution in [-0.4, -0.2) is 34.1 Å². The lowest BCUT2D eigenvalue weighted by molar-refractivity contribution is 0.0269. The molecule has 3 N–H and O–H groups in total. The summed E-state index contributed by atoms with van der Waals surface area (Å²) >= 11 is 0. The molecule has 86 valence electrons. The van der Waals surface area contributed by atoms with E-state index in [0.29, 0.717) is 12.0 Å². The predicted molar refractivity (Wildman–Crippen MR) is 59.4 cm³/mol. The van der Waals surface area contributed by atoms with Crippen LogP contribution >= 0.6 is 0 Å². The molecule has 0 spiro atoms. The van der Waals surface area contributed by atoms with E-state index < -0.39 is 5.60 Å². The second kappa shape index (κ2) is 4.08. The molecule has 0 radical (unpaired) electrons. The lowest BCUT2D eigenvalue weighted by Gasteiger charge is -2.33. The van der Waals surface area contributed by atoms with Gasteiger partial charge in [-0.3, -0.25) is 0 Å². The van der Waals surface area contributed by atoms with Gasteiger partial charge in [-0.25, -0.2) is 0 Å². The molecule has 0 aromatic carbocycles. The highest BCUT2D eigenvalue weighted by atomic mass is 16.3. The second-order valence-corrected chi connectivity index (χ2v) is 5.16. The molecule has 0 aromatic rings. The maximum atomic E-state index is 9.88. The lowest BCUT2D eigenvalue weighted by Crippen LogP contribution is -2.34. The molecule has 0 bridgehead atoms. The van der Waals surface area contributed by atoms with E-state index in [0.717, 1.165) is 5.57 Å². The molecule has 1 aliphatic carbocycles. The molecule has 0 saturated carbocycles. The van der Waals surface area contributed by atoms with Gasteiger partial charge in [-0.05, 0) is 22.6 Å². The number of hydrogen-bond donors (Lipinski definition) is 3. The van der Waals surface area contributed by atoms with E-state index in [-0.39, 0.29) is 18.6 Å². The topological polar surface area (TPSA) is 60.7 Å². The van der Waals surface area contributed by atoms with E-state index in [2.05, 4.69) is 20.8 Å². The van der Waals surface area contributed by atoms with Gasteiger partial charge in [-0.2, -0.15) is 0 Å². The quantitative estimate of drug-likeness (QED) is 0.640. The van der Waals surface area contributed by atoms with Gasteiger partial charge in [0.2, 0.25) is 0 Å². The van der Waals surface area contributed by atoms with Gasteiger partial charge in [0.05, 0.1) is 13.2 Å². The Morgan fingerprint density at radius 2 is 1.93 bits per heavy atom. The van der Waals surface area contributed by atoms with Gasteiger partial charge in [0.15, 0.2) is 0 Å². The van der Waals surface area contributed by atoms with Crippen LogP contribution in [-0.2, 0) is 0 Å². The Bertz CT molecular complexity index is 296. The number of aliphatic hydroxyl groups is 3. The predicted octanol–water partition coefficient (Wildman–Crippen LogP) is 1.00. The van der Waals surface area contributed by atoms with Gasteiger partial charge in [-0.15, -0.1) is 0 Å². The molecular weight excluding hydrogens is 192 g/mol. The van der Waals surface area contributed by atoms with Gasteiger partial charge >= 0.3 is 0 Å². The first kappa shape index (κ1) is 12.4.